The number of methoxy groups -OCH3 is 2. The number of phenolic OH excluding ortho intramolecular Hbond substituents is 2. The molecule has 3 aromatic rings. The highest BCUT2D eigenvalue weighted by Crippen LogP contribution is 2.41. The zero-order valence-electron chi connectivity index (χ0n) is 12.4. The number of pyridine rings is 1. The molecule has 0 aliphatic carbocycles. The van der Waals surface area contributed by atoms with Crippen LogP contribution in [0, 0.1) is 0 Å². The molecule has 0 bridgehead atoms. The lowest BCUT2D eigenvalue weighted by Gasteiger charge is -2.17. The van der Waals surface area contributed by atoms with Crippen LogP contribution in [0.2, 0.25) is 0 Å². The molecular formula is C16H15NO5. The van der Waals surface area contributed by atoms with E-state index in [1.54, 1.807) is 23.7 Å². The predicted molar refractivity (Wildman–Crippen MR) is 83.1 cm³/mol. The number of aromatic nitrogens is 1. The third-order valence-corrected chi connectivity index (χ3v) is 3.78. The molecule has 3 rings (SSSR count). The molecule has 1 aromatic heterocycles. The fraction of sp³-hybridized carbons (Fsp3) is 0.188. The number of ether oxygens (including phenoxy) is 2. The zero-order valence-corrected chi connectivity index (χ0v) is 12.4. The van der Waals surface area contributed by atoms with Crippen LogP contribution in [0.1, 0.15) is 0 Å². The van der Waals surface area contributed by atoms with Crippen LogP contribution in [0.3, 0.4) is 0 Å². The number of hydrogen-bond donors (Lipinski definition) is 2. The van der Waals surface area contributed by atoms with Gasteiger partial charge in [0.1, 0.15) is 17.0 Å². The van der Waals surface area contributed by atoms with Crippen molar-refractivity contribution in [3.63, 3.8) is 0 Å². The van der Waals surface area contributed by atoms with Crippen molar-refractivity contribution in [1.82, 2.24) is 4.57 Å². The summed E-state index contributed by atoms with van der Waals surface area (Å²) in [7, 11) is 4.51. The van der Waals surface area contributed by atoms with E-state index in [1.165, 1.54) is 26.4 Å². The van der Waals surface area contributed by atoms with E-state index in [1.807, 2.05) is 0 Å². The molecule has 22 heavy (non-hydrogen) atoms. The highest BCUT2D eigenvalue weighted by molar-refractivity contribution is 6.02. The van der Waals surface area contributed by atoms with Crippen molar-refractivity contribution in [2.45, 2.75) is 0 Å². The molecule has 6 nitrogen and oxygen atoms in total. The van der Waals surface area contributed by atoms with Gasteiger partial charge in [-0.3, -0.25) is 4.79 Å². The van der Waals surface area contributed by atoms with Gasteiger partial charge in [0.05, 0.1) is 30.5 Å². The van der Waals surface area contributed by atoms with Crippen molar-refractivity contribution >= 4 is 21.8 Å². The number of aryl methyl sites for hydroxylation is 1. The number of aromatic hydroxyl groups is 2. The summed E-state index contributed by atoms with van der Waals surface area (Å²) in [5.41, 5.74) is 0.429. The molecule has 0 saturated heterocycles. The van der Waals surface area contributed by atoms with Crippen LogP contribution in [0.5, 0.6) is 23.0 Å². The molecule has 2 N–H and O–H groups in total. The van der Waals surface area contributed by atoms with Crippen LogP contribution < -0.4 is 14.9 Å². The largest absolute Gasteiger partial charge is 0.506 e. The quantitative estimate of drug-likeness (QED) is 0.709. The number of hydrogen-bond acceptors (Lipinski definition) is 5. The Balaban J connectivity index is 2.74. The maximum atomic E-state index is 12.8. The Morgan fingerprint density at radius 3 is 2.41 bits per heavy atom. The van der Waals surface area contributed by atoms with Gasteiger partial charge in [0.2, 0.25) is 5.43 Å². The lowest BCUT2D eigenvalue weighted by Crippen LogP contribution is -2.11. The smallest absolute Gasteiger partial charge is 0.201 e. The van der Waals surface area contributed by atoms with E-state index in [2.05, 4.69) is 0 Å². The molecule has 0 saturated carbocycles. The van der Waals surface area contributed by atoms with E-state index in [-0.39, 0.29) is 33.8 Å². The first-order chi connectivity index (χ1) is 10.5. The Morgan fingerprint density at radius 1 is 1.05 bits per heavy atom. The molecule has 2 aromatic carbocycles. The summed E-state index contributed by atoms with van der Waals surface area (Å²) < 4.78 is 12.1. The number of para-hydroxylation sites is 1. The van der Waals surface area contributed by atoms with Crippen LogP contribution >= 0.6 is 0 Å². The molecular weight excluding hydrogens is 286 g/mol. The van der Waals surface area contributed by atoms with Crippen molar-refractivity contribution < 1.29 is 19.7 Å². The van der Waals surface area contributed by atoms with Crippen LogP contribution in [0.4, 0.5) is 0 Å². The van der Waals surface area contributed by atoms with E-state index < -0.39 is 0 Å². The molecule has 0 atom stereocenters. The van der Waals surface area contributed by atoms with Gasteiger partial charge >= 0.3 is 0 Å². The zero-order chi connectivity index (χ0) is 16.0. The standard InChI is InChI=1S/C16H15NO5/c1-17-13-8(5-4-6-9(13)18)15(20)12-11(21-2)7-10(19)16(22-3)14(12)17/h4-7,18-19H,1-3H3. The minimum Gasteiger partial charge on any atom is -0.506 e. The number of phenols is 2. The van der Waals surface area contributed by atoms with Crippen molar-refractivity contribution in [3.05, 3.63) is 34.5 Å². The Labute approximate surface area is 125 Å². The summed E-state index contributed by atoms with van der Waals surface area (Å²) in [6, 6.07) is 6.09. The first kappa shape index (κ1) is 14.1. The van der Waals surface area contributed by atoms with Crippen LogP contribution in [0.25, 0.3) is 21.8 Å². The minimum absolute atomic E-state index is 0.0247. The molecule has 0 aliphatic rings. The molecule has 0 unspecified atom stereocenters. The second-order valence-electron chi connectivity index (χ2n) is 4.92. The second-order valence-corrected chi connectivity index (χ2v) is 4.92. The third kappa shape index (κ3) is 1.70. The van der Waals surface area contributed by atoms with E-state index in [9.17, 15) is 15.0 Å². The van der Waals surface area contributed by atoms with Crippen LogP contribution in [-0.2, 0) is 7.05 Å². The van der Waals surface area contributed by atoms with Crippen molar-refractivity contribution in [1.29, 1.82) is 0 Å². The van der Waals surface area contributed by atoms with Crippen LogP contribution in [0.15, 0.2) is 29.1 Å². The Kier molecular flexibility index (Phi) is 3.09. The lowest BCUT2D eigenvalue weighted by atomic mass is 10.1. The van der Waals surface area contributed by atoms with Gasteiger partial charge in [-0.25, -0.2) is 0 Å². The molecule has 1 heterocycles. The summed E-state index contributed by atoms with van der Waals surface area (Å²) in [5.74, 6) is 0.236. The molecule has 0 spiro atoms. The average Bonchev–Trinajstić information content (AvgIpc) is 2.51. The number of nitrogens with zero attached hydrogens (tertiary/aromatic N) is 1. The minimum atomic E-state index is -0.297. The number of benzene rings is 2. The Hall–Kier alpha value is -2.89. The average molecular weight is 301 g/mol. The Morgan fingerprint density at radius 2 is 1.77 bits per heavy atom. The molecule has 6 heteroatoms. The number of rotatable bonds is 2. The summed E-state index contributed by atoms with van der Waals surface area (Å²) in [6.07, 6.45) is 0. The maximum absolute atomic E-state index is 12.8. The van der Waals surface area contributed by atoms with Gasteiger partial charge in [0, 0.05) is 13.1 Å². The van der Waals surface area contributed by atoms with Gasteiger partial charge in [-0.1, -0.05) is 6.07 Å². The monoisotopic (exact) mass is 301 g/mol. The fourth-order valence-electron chi connectivity index (χ4n) is 2.83. The highest BCUT2D eigenvalue weighted by Gasteiger charge is 2.21. The maximum Gasteiger partial charge on any atom is 0.201 e. The van der Waals surface area contributed by atoms with E-state index >= 15 is 0 Å². The van der Waals surface area contributed by atoms with Gasteiger partial charge in [-0.2, -0.15) is 0 Å². The summed E-state index contributed by atoms with van der Waals surface area (Å²) in [6.45, 7) is 0. The van der Waals surface area contributed by atoms with E-state index in [0.717, 1.165) is 0 Å². The molecule has 0 aliphatic heterocycles. The lowest BCUT2D eigenvalue weighted by molar-refractivity contribution is 0.370. The van der Waals surface area contributed by atoms with E-state index in [4.69, 9.17) is 9.47 Å². The Bertz CT molecular complexity index is 959. The van der Waals surface area contributed by atoms with Gasteiger partial charge < -0.3 is 24.3 Å². The fourth-order valence-corrected chi connectivity index (χ4v) is 2.83. The number of fused-ring (bicyclic) bond motifs is 2. The van der Waals surface area contributed by atoms with E-state index in [0.29, 0.717) is 16.4 Å². The van der Waals surface area contributed by atoms with Gasteiger partial charge in [0.15, 0.2) is 11.5 Å². The topological polar surface area (TPSA) is 80.9 Å². The second kappa shape index (κ2) is 4.84. The molecule has 0 radical (unpaired) electrons. The van der Waals surface area contributed by atoms with Crippen molar-refractivity contribution in [2.75, 3.05) is 14.2 Å². The summed E-state index contributed by atoms with van der Waals surface area (Å²) in [4.78, 5) is 12.8. The van der Waals surface area contributed by atoms with Crippen molar-refractivity contribution in [2.24, 2.45) is 7.05 Å². The van der Waals surface area contributed by atoms with Crippen LogP contribution in [-0.4, -0.2) is 29.0 Å². The normalized spacial score (nSPS) is 11.0. The third-order valence-electron chi connectivity index (χ3n) is 3.78. The molecule has 0 fully saturated rings. The van der Waals surface area contributed by atoms with Gasteiger partial charge in [0.25, 0.3) is 0 Å². The molecule has 0 amide bonds. The van der Waals surface area contributed by atoms with Crippen molar-refractivity contribution in [3.8, 4) is 23.0 Å². The van der Waals surface area contributed by atoms with Gasteiger partial charge in [-0.05, 0) is 12.1 Å². The molecule has 114 valence electrons. The highest BCUT2D eigenvalue weighted by atomic mass is 16.5. The SMILES string of the molecule is COc1cc(O)c(OC)c2c1c(=O)c1cccc(O)c1n2C. The first-order valence-corrected chi connectivity index (χ1v) is 6.59. The summed E-state index contributed by atoms with van der Waals surface area (Å²) in [5, 5.41) is 20.8. The predicted octanol–water partition coefficient (Wildman–Crippen LogP) is 2.12. The summed E-state index contributed by atoms with van der Waals surface area (Å²) >= 11 is 0. The van der Waals surface area contributed by atoms with Gasteiger partial charge in [-0.15, -0.1) is 0 Å². The first-order valence-electron chi connectivity index (χ1n) is 6.59.